The first-order chi connectivity index (χ1) is 9.86. The van der Waals surface area contributed by atoms with Crippen molar-refractivity contribution in [2.24, 2.45) is 0 Å². The number of carbonyl (C=O) groups is 2. The number of rotatable bonds is 7. The molecule has 0 heterocycles. The Hall–Kier alpha value is -1.21. The predicted molar refractivity (Wildman–Crippen MR) is 71.6 cm³/mol. The van der Waals surface area contributed by atoms with Crippen LogP contribution >= 0.6 is 7.60 Å². The summed E-state index contributed by atoms with van der Waals surface area (Å²) in [6.07, 6.45) is 2.53. The minimum absolute atomic E-state index is 0.306. The topological polar surface area (TPSA) is 97.4 Å². The molecule has 0 fully saturated rings. The Morgan fingerprint density at radius 3 is 2.19 bits per heavy atom. The van der Waals surface area contributed by atoms with E-state index in [9.17, 15) is 14.2 Å². The van der Waals surface area contributed by atoms with Crippen molar-refractivity contribution in [3.05, 3.63) is 12.2 Å². The molecule has 0 spiro atoms. The Kier molecular flexibility index (Phi) is 6.54. The van der Waals surface area contributed by atoms with Crippen molar-refractivity contribution >= 4 is 19.5 Å². The highest BCUT2D eigenvalue weighted by Gasteiger charge is 2.44. The zero-order valence-electron chi connectivity index (χ0n) is 12.3. The summed E-state index contributed by atoms with van der Waals surface area (Å²) in [5.74, 6) is -2.80. The highest BCUT2D eigenvalue weighted by atomic mass is 31.2. The maximum Gasteiger partial charge on any atom is 0.370 e. The van der Waals surface area contributed by atoms with E-state index in [0.29, 0.717) is 6.42 Å². The molecular weight excluding hydrogens is 303 g/mol. The van der Waals surface area contributed by atoms with Gasteiger partial charge in [0.05, 0.1) is 13.2 Å². The Morgan fingerprint density at radius 1 is 1.14 bits per heavy atom. The number of carbonyl (C=O) groups excluding carboxylic acids is 2. The second-order valence-electron chi connectivity index (χ2n) is 4.22. The maximum absolute atomic E-state index is 12.3. The van der Waals surface area contributed by atoms with E-state index in [0.717, 1.165) is 21.3 Å². The van der Waals surface area contributed by atoms with Crippen LogP contribution in [0.3, 0.4) is 0 Å². The van der Waals surface area contributed by atoms with E-state index in [1.165, 1.54) is 6.92 Å². The highest BCUT2D eigenvalue weighted by Crippen LogP contribution is 2.53. The first-order valence-corrected chi connectivity index (χ1v) is 7.77. The van der Waals surface area contributed by atoms with Gasteiger partial charge in [-0.15, -0.1) is 0 Å². The van der Waals surface area contributed by atoms with Crippen LogP contribution < -0.4 is 0 Å². The molecule has 1 aliphatic rings. The molecule has 21 heavy (non-hydrogen) atoms. The summed E-state index contributed by atoms with van der Waals surface area (Å²) in [6, 6.07) is 0. The molecule has 9 heteroatoms. The van der Waals surface area contributed by atoms with Crippen LogP contribution in [-0.4, -0.2) is 51.3 Å². The summed E-state index contributed by atoms with van der Waals surface area (Å²) in [4.78, 5) is 22.6. The fourth-order valence-electron chi connectivity index (χ4n) is 1.83. The SMILES string of the molecule is COC(=O)C(O[C@@H]1C=C[C@H](OC(C)=O)C1)P(=O)(OC)OC. The minimum atomic E-state index is -3.80. The first-order valence-electron chi connectivity index (χ1n) is 6.16. The van der Waals surface area contributed by atoms with Gasteiger partial charge in [-0.2, -0.15) is 0 Å². The molecule has 0 amide bonds. The second-order valence-corrected chi connectivity index (χ2v) is 6.50. The molecule has 0 radical (unpaired) electrons. The van der Waals surface area contributed by atoms with Crippen molar-refractivity contribution in [1.29, 1.82) is 0 Å². The van der Waals surface area contributed by atoms with Crippen LogP contribution in [0.4, 0.5) is 0 Å². The van der Waals surface area contributed by atoms with E-state index < -0.39 is 37.6 Å². The van der Waals surface area contributed by atoms with Crippen LogP contribution in [0.5, 0.6) is 0 Å². The molecule has 0 saturated carbocycles. The van der Waals surface area contributed by atoms with Crippen LogP contribution in [0.2, 0.25) is 0 Å². The standard InChI is InChI=1S/C12H19O8P/c1-8(13)19-9-5-6-10(7-9)20-12(11(14)16-2)21(15,17-3)18-4/h5-6,9-10,12H,7H2,1-4H3/t9-,10+,12?/m0/s1. The average molecular weight is 322 g/mol. The third-order valence-corrected chi connectivity index (χ3v) is 4.75. The first kappa shape index (κ1) is 17.8. The Labute approximate surface area is 122 Å². The van der Waals surface area contributed by atoms with Gasteiger partial charge in [0.1, 0.15) is 6.10 Å². The molecule has 8 nitrogen and oxygen atoms in total. The van der Waals surface area contributed by atoms with Crippen molar-refractivity contribution in [3.8, 4) is 0 Å². The van der Waals surface area contributed by atoms with Crippen molar-refractivity contribution in [3.63, 3.8) is 0 Å². The number of ether oxygens (including phenoxy) is 3. The maximum atomic E-state index is 12.3. The van der Waals surface area contributed by atoms with Gasteiger partial charge in [-0.05, 0) is 6.08 Å². The summed E-state index contributed by atoms with van der Waals surface area (Å²) in [5, 5.41) is 0. The van der Waals surface area contributed by atoms with E-state index in [1.54, 1.807) is 12.2 Å². The van der Waals surface area contributed by atoms with Crippen LogP contribution in [-0.2, 0) is 37.4 Å². The van der Waals surface area contributed by atoms with Gasteiger partial charge in [0, 0.05) is 27.6 Å². The molecule has 0 N–H and O–H groups in total. The summed E-state index contributed by atoms with van der Waals surface area (Å²) in [5.41, 5.74) is 0. The van der Waals surface area contributed by atoms with E-state index in [-0.39, 0.29) is 0 Å². The fourth-order valence-corrected chi connectivity index (χ4v) is 3.03. The zero-order valence-corrected chi connectivity index (χ0v) is 13.2. The average Bonchev–Trinajstić information content (AvgIpc) is 2.89. The van der Waals surface area contributed by atoms with E-state index in [2.05, 4.69) is 4.74 Å². The lowest BCUT2D eigenvalue weighted by Crippen LogP contribution is -2.31. The van der Waals surface area contributed by atoms with Gasteiger partial charge in [0.2, 0.25) is 0 Å². The summed E-state index contributed by atoms with van der Waals surface area (Å²) < 4.78 is 36.9. The van der Waals surface area contributed by atoms with Crippen molar-refractivity contribution in [2.45, 2.75) is 31.4 Å². The molecule has 1 aliphatic carbocycles. The van der Waals surface area contributed by atoms with E-state index in [1.807, 2.05) is 0 Å². The predicted octanol–water partition coefficient (Wildman–Crippen LogP) is 1.25. The fraction of sp³-hybridized carbons (Fsp3) is 0.667. The van der Waals surface area contributed by atoms with Crippen molar-refractivity contribution < 1.29 is 37.4 Å². The van der Waals surface area contributed by atoms with Gasteiger partial charge >= 0.3 is 19.5 Å². The van der Waals surface area contributed by atoms with Gasteiger partial charge < -0.3 is 23.3 Å². The second kappa shape index (κ2) is 7.70. The molecule has 0 aliphatic heterocycles. The lowest BCUT2D eigenvalue weighted by Gasteiger charge is -2.24. The summed E-state index contributed by atoms with van der Waals surface area (Å²) >= 11 is 0. The van der Waals surface area contributed by atoms with Gasteiger partial charge in [-0.3, -0.25) is 9.36 Å². The van der Waals surface area contributed by atoms with Crippen LogP contribution in [0.1, 0.15) is 13.3 Å². The van der Waals surface area contributed by atoms with E-state index >= 15 is 0 Å². The molecular formula is C12H19O8P. The molecule has 0 bridgehead atoms. The third-order valence-electron chi connectivity index (χ3n) is 2.83. The third kappa shape index (κ3) is 4.64. The van der Waals surface area contributed by atoms with Crippen LogP contribution in [0, 0.1) is 0 Å². The quantitative estimate of drug-likeness (QED) is 0.392. The van der Waals surface area contributed by atoms with Crippen LogP contribution in [0.25, 0.3) is 0 Å². The minimum Gasteiger partial charge on any atom is -0.467 e. The smallest absolute Gasteiger partial charge is 0.370 e. The molecule has 1 unspecified atom stereocenters. The normalized spacial score (nSPS) is 22.9. The molecule has 0 aromatic heterocycles. The van der Waals surface area contributed by atoms with E-state index in [4.69, 9.17) is 18.5 Å². The lowest BCUT2D eigenvalue weighted by atomic mass is 10.3. The van der Waals surface area contributed by atoms with Crippen molar-refractivity contribution in [2.75, 3.05) is 21.3 Å². The number of hydrogen-bond donors (Lipinski definition) is 0. The monoisotopic (exact) mass is 322 g/mol. The Morgan fingerprint density at radius 2 is 1.71 bits per heavy atom. The molecule has 0 aromatic rings. The van der Waals surface area contributed by atoms with Gasteiger partial charge in [-0.1, -0.05) is 6.08 Å². The Balaban J connectivity index is 2.76. The highest BCUT2D eigenvalue weighted by molar-refractivity contribution is 7.55. The molecule has 1 rings (SSSR count). The zero-order chi connectivity index (χ0) is 16.0. The van der Waals surface area contributed by atoms with Gasteiger partial charge in [0.25, 0.3) is 5.85 Å². The van der Waals surface area contributed by atoms with Crippen molar-refractivity contribution in [1.82, 2.24) is 0 Å². The largest absolute Gasteiger partial charge is 0.467 e. The summed E-state index contributed by atoms with van der Waals surface area (Å²) in [6.45, 7) is 1.29. The van der Waals surface area contributed by atoms with Gasteiger partial charge in [-0.25, -0.2) is 4.79 Å². The molecule has 120 valence electrons. The molecule has 0 aromatic carbocycles. The number of hydrogen-bond acceptors (Lipinski definition) is 8. The lowest BCUT2D eigenvalue weighted by molar-refractivity contribution is -0.153. The Bertz CT molecular complexity index is 452. The van der Waals surface area contributed by atoms with Gasteiger partial charge in [0.15, 0.2) is 0 Å². The molecule has 0 saturated heterocycles. The number of methoxy groups -OCH3 is 1. The summed E-state index contributed by atoms with van der Waals surface area (Å²) in [7, 11) is -0.366. The number of esters is 2. The van der Waals surface area contributed by atoms with Crippen LogP contribution in [0.15, 0.2) is 12.2 Å². The molecule has 3 atom stereocenters.